The molecule has 0 saturated heterocycles. The molecule has 2 rings (SSSR count). The van der Waals surface area contributed by atoms with Gasteiger partial charge in [0.2, 0.25) is 5.13 Å². The molecule has 148 valence electrons. The van der Waals surface area contributed by atoms with Gasteiger partial charge in [0, 0.05) is 25.2 Å². The van der Waals surface area contributed by atoms with Crippen LogP contribution in [0.4, 0.5) is 5.13 Å². The van der Waals surface area contributed by atoms with E-state index in [4.69, 9.17) is 0 Å². The molecule has 0 aliphatic carbocycles. The van der Waals surface area contributed by atoms with Gasteiger partial charge >= 0.3 is 0 Å². The molecule has 1 unspecified atom stereocenters. The normalized spacial score (nSPS) is 12.4. The standard InChI is InChI=1S/C19H29N5O2S/c1-6-7-8-9-15-21-22-19(27-15)20-17(25)16-13(2)10-11-24(18(16)26)14(3)12-23(4)5/h10-11,14H,6-9,12H2,1-5H3,(H,20,22,25). The zero-order chi connectivity index (χ0) is 20.0. The van der Waals surface area contributed by atoms with Crippen molar-refractivity contribution in [2.75, 3.05) is 26.0 Å². The van der Waals surface area contributed by atoms with Crippen LogP contribution in [0.25, 0.3) is 0 Å². The molecule has 0 radical (unpaired) electrons. The molecule has 7 nitrogen and oxygen atoms in total. The van der Waals surface area contributed by atoms with Gasteiger partial charge in [-0.2, -0.15) is 0 Å². The Kier molecular flexibility index (Phi) is 7.67. The van der Waals surface area contributed by atoms with Gasteiger partial charge < -0.3 is 9.47 Å². The minimum atomic E-state index is -0.430. The lowest BCUT2D eigenvalue weighted by molar-refractivity contribution is 0.102. The summed E-state index contributed by atoms with van der Waals surface area (Å²) in [5, 5.41) is 12.2. The zero-order valence-electron chi connectivity index (χ0n) is 16.8. The molecular weight excluding hydrogens is 362 g/mol. The van der Waals surface area contributed by atoms with Crippen molar-refractivity contribution in [3.8, 4) is 0 Å². The summed E-state index contributed by atoms with van der Waals surface area (Å²) in [4.78, 5) is 27.6. The second-order valence-corrected chi connectivity index (χ2v) is 8.17. The number of carbonyl (C=O) groups excluding carboxylic acids is 1. The first-order chi connectivity index (χ1) is 12.8. The van der Waals surface area contributed by atoms with Crippen molar-refractivity contribution in [3.05, 3.63) is 38.8 Å². The maximum atomic E-state index is 12.9. The van der Waals surface area contributed by atoms with Crippen LogP contribution in [0.2, 0.25) is 0 Å². The van der Waals surface area contributed by atoms with Gasteiger partial charge in [-0.25, -0.2) is 0 Å². The van der Waals surface area contributed by atoms with E-state index in [0.29, 0.717) is 17.2 Å². The number of nitrogens with zero attached hydrogens (tertiary/aromatic N) is 4. The molecule has 1 atom stereocenters. The van der Waals surface area contributed by atoms with Crippen molar-refractivity contribution in [3.63, 3.8) is 0 Å². The van der Waals surface area contributed by atoms with Crippen molar-refractivity contribution in [2.24, 2.45) is 0 Å². The molecule has 1 amide bonds. The molecule has 0 bridgehead atoms. The van der Waals surface area contributed by atoms with E-state index in [1.165, 1.54) is 11.3 Å². The van der Waals surface area contributed by atoms with E-state index in [2.05, 4.69) is 22.4 Å². The number of carbonyl (C=O) groups is 1. The van der Waals surface area contributed by atoms with Crippen LogP contribution in [-0.2, 0) is 6.42 Å². The molecule has 0 fully saturated rings. The van der Waals surface area contributed by atoms with E-state index in [-0.39, 0.29) is 17.2 Å². The third-order valence-electron chi connectivity index (χ3n) is 4.34. The number of rotatable bonds is 9. The predicted octanol–water partition coefficient (Wildman–Crippen LogP) is 3.12. The van der Waals surface area contributed by atoms with Crippen LogP contribution in [0, 0.1) is 6.92 Å². The molecule has 0 spiro atoms. The first-order valence-electron chi connectivity index (χ1n) is 9.33. The van der Waals surface area contributed by atoms with Gasteiger partial charge in [-0.15, -0.1) is 10.2 Å². The molecule has 27 heavy (non-hydrogen) atoms. The summed E-state index contributed by atoms with van der Waals surface area (Å²) in [5.74, 6) is -0.430. The van der Waals surface area contributed by atoms with Gasteiger partial charge in [-0.1, -0.05) is 31.1 Å². The average molecular weight is 392 g/mol. The van der Waals surface area contributed by atoms with Gasteiger partial charge in [0.1, 0.15) is 10.6 Å². The first-order valence-corrected chi connectivity index (χ1v) is 10.1. The number of pyridine rings is 1. The quantitative estimate of drug-likeness (QED) is 0.664. The number of aromatic nitrogens is 3. The summed E-state index contributed by atoms with van der Waals surface area (Å²) in [6.45, 7) is 6.60. The highest BCUT2D eigenvalue weighted by Gasteiger charge is 2.19. The monoisotopic (exact) mass is 391 g/mol. The largest absolute Gasteiger partial charge is 0.311 e. The second kappa shape index (κ2) is 9.75. The van der Waals surface area contributed by atoms with Gasteiger partial charge in [0.05, 0.1) is 0 Å². The summed E-state index contributed by atoms with van der Waals surface area (Å²) in [5.41, 5.74) is 0.527. The zero-order valence-corrected chi connectivity index (χ0v) is 17.6. The molecule has 8 heteroatoms. The molecule has 2 aromatic heterocycles. The number of unbranched alkanes of at least 4 members (excludes halogenated alkanes) is 2. The van der Waals surface area contributed by atoms with Gasteiger partial charge in [0.25, 0.3) is 11.5 Å². The van der Waals surface area contributed by atoms with Crippen LogP contribution in [0.3, 0.4) is 0 Å². The molecule has 2 heterocycles. The molecule has 2 aromatic rings. The summed E-state index contributed by atoms with van der Waals surface area (Å²) in [6, 6.07) is 1.77. The Bertz CT molecular complexity index is 828. The number of amides is 1. The Morgan fingerprint density at radius 2 is 2.07 bits per heavy atom. The minimum absolute atomic E-state index is 0.0358. The number of nitrogens with one attached hydrogen (secondary N) is 1. The van der Waals surface area contributed by atoms with E-state index in [1.54, 1.807) is 23.8 Å². The SMILES string of the molecule is CCCCCc1nnc(NC(=O)c2c(C)ccn(C(C)CN(C)C)c2=O)s1. The maximum absolute atomic E-state index is 12.9. The minimum Gasteiger partial charge on any atom is -0.311 e. The lowest BCUT2D eigenvalue weighted by atomic mass is 10.1. The lowest BCUT2D eigenvalue weighted by Crippen LogP contribution is -2.34. The van der Waals surface area contributed by atoms with E-state index in [0.717, 1.165) is 30.7 Å². The summed E-state index contributed by atoms with van der Waals surface area (Å²) >= 11 is 1.37. The highest BCUT2D eigenvalue weighted by atomic mass is 32.1. The predicted molar refractivity (Wildman–Crippen MR) is 110 cm³/mol. The molecule has 0 saturated carbocycles. The maximum Gasteiger partial charge on any atom is 0.263 e. The highest BCUT2D eigenvalue weighted by molar-refractivity contribution is 7.15. The number of hydrogen-bond acceptors (Lipinski definition) is 6. The van der Waals surface area contributed by atoms with Gasteiger partial charge in [-0.05, 0) is 46.0 Å². The lowest BCUT2D eigenvalue weighted by Gasteiger charge is -2.20. The topological polar surface area (TPSA) is 80.1 Å². The number of anilines is 1. The van der Waals surface area contributed by atoms with Gasteiger partial charge in [0.15, 0.2) is 0 Å². The van der Waals surface area contributed by atoms with Crippen molar-refractivity contribution in [1.82, 2.24) is 19.7 Å². The fraction of sp³-hybridized carbons (Fsp3) is 0.579. The first kappa shape index (κ1) is 21.2. The molecule has 1 N–H and O–H groups in total. The van der Waals surface area contributed by atoms with Crippen LogP contribution < -0.4 is 10.9 Å². The third kappa shape index (κ3) is 5.71. The smallest absolute Gasteiger partial charge is 0.263 e. The Morgan fingerprint density at radius 3 is 2.74 bits per heavy atom. The third-order valence-corrected chi connectivity index (χ3v) is 5.24. The van der Waals surface area contributed by atoms with E-state index in [1.807, 2.05) is 25.9 Å². The van der Waals surface area contributed by atoms with Crippen LogP contribution in [-0.4, -0.2) is 46.2 Å². The van der Waals surface area contributed by atoms with Crippen LogP contribution in [0.1, 0.15) is 60.1 Å². The van der Waals surface area contributed by atoms with Crippen molar-refractivity contribution in [1.29, 1.82) is 0 Å². The molecule has 0 aliphatic heterocycles. The fourth-order valence-electron chi connectivity index (χ4n) is 2.97. The number of hydrogen-bond donors (Lipinski definition) is 1. The second-order valence-electron chi connectivity index (χ2n) is 7.11. The van der Waals surface area contributed by atoms with E-state index >= 15 is 0 Å². The fourth-order valence-corrected chi connectivity index (χ4v) is 3.75. The van der Waals surface area contributed by atoms with Crippen LogP contribution in [0.15, 0.2) is 17.1 Å². The Morgan fingerprint density at radius 1 is 1.33 bits per heavy atom. The van der Waals surface area contributed by atoms with Crippen molar-refractivity contribution in [2.45, 2.75) is 52.5 Å². The van der Waals surface area contributed by atoms with Crippen LogP contribution in [0.5, 0.6) is 0 Å². The van der Waals surface area contributed by atoms with E-state index in [9.17, 15) is 9.59 Å². The summed E-state index contributed by atoms with van der Waals surface area (Å²) in [6.07, 6.45) is 5.97. The Hall–Kier alpha value is -2.06. The molecule has 0 aliphatic rings. The van der Waals surface area contributed by atoms with Crippen molar-refractivity contribution < 1.29 is 4.79 Å². The Balaban J connectivity index is 2.17. The van der Waals surface area contributed by atoms with E-state index < -0.39 is 5.91 Å². The van der Waals surface area contributed by atoms with Gasteiger partial charge in [-0.3, -0.25) is 14.9 Å². The Labute approximate surface area is 164 Å². The number of aryl methyl sites for hydroxylation is 2. The average Bonchev–Trinajstić information content (AvgIpc) is 3.01. The summed E-state index contributed by atoms with van der Waals surface area (Å²) < 4.78 is 1.61. The number of likely N-dealkylation sites (N-methyl/N-ethyl adjacent to an activating group) is 1. The molecule has 0 aromatic carbocycles. The van der Waals surface area contributed by atoms with Crippen molar-refractivity contribution >= 4 is 22.4 Å². The highest BCUT2D eigenvalue weighted by Crippen LogP contribution is 2.18. The molecular formula is C19H29N5O2S. The van der Waals surface area contributed by atoms with Crippen LogP contribution >= 0.6 is 11.3 Å². The summed E-state index contributed by atoms with van der Waals surface area (Å²) in [7, 11) is 3.91.